The van der Waals surface area contributed by atoms with Crippen molar-refractivity contribution >= 4 is 29.7 Å². The molecule has 0 saturated carbocycles. The maximum absolute atomic E-state index is 13.2. The van der Waals surface area contributed by atoms with E-state index in [4.69, 9.17) is 5.73 Å². The number of nitrogens with zero attached hydrogens (tertiary/aromatic N) is 4. The molecule has 2 heterocycles. The standard InChI is InChI=1S/C20H19F2N5O2.ClH/c1-12-18(19(28)26-11-3-4-15-16(23)5-2-6-17(15)26)24-25-27(12)13-7-9-14(10-8-13)29-20(21)22;/h2,5-10,20H,3-4,11,23H2,1H3;1H. The minimum absolute atomic E-state index is 0. The molecule has 158 valence electrons. The normalized spacial score (nSPS) is 13.0. The maximum atomic E-state index is 13.2. The zero-order valence-electron chi connectivity index (χ0n) is 16.1. The molecule has 7 nitrogen and oxygen atoms in total. The first kappa shape index (κ1) is 21.5. The molecule has 4 rings (SSSR count). The highest BCUT2D eigenvalue weighted by atomic mass is 35.5. The summed E-state index contributed by atoms with van der Waals surface area (Å²) in [5, 5.41) is 8.14. The summed E-state index contributed by atoms with van der Waals surface area (Å²) in [5.41, 5.74) is 9.86. The number of anilines is 2. The van der Waals surface area contributed by atoms with Gasteiger partial charge in [0.25, 0.3) is 5.91 Å². The van der Waals surface area contributed by atoms with Crippen LogP contribution in [-0.2, 0) is 6.42 Å². The van der Waals surface area contributed by atoms with Crippen molar-refractivity contribution in [1.29, 1.82) is 0 Å². The Hall–Kier alpha value is -3.20. The number of ether oxygens (including phenoxy) is 1. The van der Waals surface area contributed by atoms with Crippen molar-refractivity contribution in [3.8, 4) is 11.4 Å². The molecule has 1 amide bonds. The number of fused-ring (bicyclic) bond motifs is 1. The quantitative estimate of drug-likeness (QED) is 0.630. The molecule has 1 aliphatic heterocycles. The first-order chi connectivity index (χ1) is 14.0. The van der Waals surface area contributed by atoms with Crippen LogP contribution in [0.15, 0.2) is 42.5 Å². The Balaban J connectivity index is 0.00000256. The fourth-order valence-corrected chi connectivity index (χ4v) is 3.53. The van der Waals surface area contributed by atoms with Crippen LogP contribution in [0.1, 0.15) is 28.2 Å². The highest BCUT2D eigenvalue weighted by Gasteiger charge is 2.28. The number of hydrogen-bond acceptors (Lipinski definition) is 5. The third kappa shape index (κ3) is 3.93. The van der Waals surface area contributed by atoms with Gasteiger partial charge in [0.15, 0.2) is 5.69 Å². The van der Waals surface area contributed by atoms with E-state index in [1.165, 1.54) is 16.8 Å². The summed E-state index contributed by atoms with van der Waals surface area (Å²) in [5.74, 6) is -0.210. The average Bonchev–Trinajstić information content (AvgIpc) is 3.09. The Labute approximate surface area is 177 Å². The Kier molecular flexibility index (Phi) is 6.21. The predicted molar refractivity (Wildman–Crippen MR) is 111 cm³/mol. The van der Waals surface area contributed by atoms with Crippen molar-refractivity contribution in [1.82, 2.24) is 15.0 Å². The van der Waals surface area contributed by atoms with Crippen LogP contribution in [0.5, 0.6) is 5.75 Å². The van der Waals surface area contributed by atoms with Crippen LogP contribution in [-0.4, -0.2) is 34.1 Å². The van der Waals surface area contributed by atoms with Crippen molar-refractivity contribution in [3.63, 3.8) is 0 Å². The first-order valence-electron chi connectivity index (χ1n) is 9.12. The van der Waals surface area contributed by atoms with Gasteiger partial charge >= 0.3 is 6.61 Å². The van der Waals surface area contributed by atoms with Crippen molar-refractivity contribution < 1.29 is 18.3 Å². The molecule has 0 spiro atoms. The summed E-state index contributed by atoms with van der Waals surface area (Å²) in [7, 11) is 0. The fourth-order valence-electron chi connectivity index (χ4n) is 3.53. The minimum Gasteiger partial charge on any atom is -0.435 e. The van der Waals surface area contributed by atoms with Crippen LogP contribution in [0.25, 0.3) is 5.69 Å². The number of alkyl halides is 2. The molecular formula is C20H20ClF2N5O2. The predicted octanol–water partition coefficient (Wildman–Crippen LogP) is 3.77. The van der Waals surface area contributed by atoms with E-state index in [1.54, 1.807) is 24.0 Å². The lowest BCUT2D eigenvalue weighted by Crippen LogP contribution is -2.36. The van der Waals surface area contributed by atoms with E-state index in [9.17, 15) is 13.6 Å². The molecule has 1 aromatic heterocycles. The van der Waals surface area contributed by atoms with Gasteiger partial charge in [-0.3, -0.25) is 4.79 Å². The number of carbonyl (C=O) groups excluding carboxylic acids is 1. The molecule has 1 aliphatic rings. The second-order valence-electron chi connectivity index (χ2n) is 6.71. The van der Waals surface area contributed by atoms with Gasteiger partial charge < -0.3 is 15.4 Å². The molecule has 10 heteroatoms. The molecule has 0 radical (unpaired) electrons. The van der Waals surface area contributed by atoms with E-state index < -0.39 is 6.61 Å². The van der Waals surface area contributed by atoms with Crippen LogP contribution in [0, 0.1) is 6.92 Å². The van der Waals surface area contributed by atoms with Crippen LogP contribution < -0.4 is 15.4 Å². The topological polar surface area (TPSA) is 86.3 Å². The van der Waals surface area contributed by atoms with E-state index in [2.05, 4.69) is 15.0 Å². The molecule has 0 unspecified atom stereocenters. The Morgan fingerprint density at radius 3 is 2.63 bits per heavy atom. The molecular weight excluding hydrogens is 416 g/mol. The second kappa shape index (κ2) is 8.66. The monoisotopic (exact) mass is 435 g/mol. The average molecular weight is 436 g/mol. The maximum Gasteiger partial charge on any atom is 0.387 e. The van der Waals surface area contributed by atoms with Crippen LogP contribution >= 0.6 is 12.4 Å². The number of carbonyl (C=O) groups is 1. The summed E-state index contributed by atoms with van der Waals surface area (Å²) < 4.78 is 30.5. The third-order valence-corrected chi connectivity index (χ3v) is 4.94. The number of halogens is 3. The van der Waals surface area contributed by atoms with E-state index in [1.807, 2.05) is 18.2 Å². The molecule has 2 N–H and O–H groups in total. The zero-order chi connectivity index (χ0) is 20.5. The van der Waals surface area contributed by atoms with E-state index in [0.29, 0.717) is 23.6 Å². The van der Waals surface area contributed by atoms with Gasteiger partial charge in [0.05, 0.1) is 11.4 Å². The summed E-state index contributed by atoms with van der Waals surface area (Å²) in [6.45, 7) is -0.581. The molecule has 30 heavy (non-hydrogen) atoms. The molecule has 2 aromatic carbocycles. The smallest absolute Gasteiger partial charge is 0.387 e. The largest absolute Gasteiger partial charge is 0.435 e. The van der Waals surface area contributed by atoms with Crippen molar-refractivity contribution in [2.75, 3.05) is 17.2 Å². The van der Waals surface area contributed by atoms with Gasteiger partial charge in [0.1, 0.15) is 5.75 Å². The highest BCUT2D eigenvalue weighted by Crippen LogP contribution is 2.32. The third-order valence-electron chi connectivity index (χ3n) is 4.94. The Bertz CT molecular complexity index is 1060. The van der Waals surface area contributed by atoms with Crippen molar-refractivity contribution in [3.05, 3.63) is 59.4 Å². The van der Waals surface area contributed by atoms with Crippen molar-refractivity contribution in [2.24, 2.45) is 0 Å². The molecule has 0 saturated heterocycles. The van der Waals surface area contributed by atoms with Crippen LogP contribution in [0.4, 0.5) is 20.2 Å². The molecule has 3 aromatic rings. The lowest BCUT2D eigenvalue weighted by Gasteiger charge is -2.29. The summed E-state index contributed by atoms with van der Waals surface area (Å²) in [6, 6.07) is 11.5. The van der Waals surface area contributed by atoms with Crippen LogP contribution in [0.2, 0.25) is 0 Å². The minimum atomic E-state index is -2.89. The van der Waals surface area contributed by atoms with E-state index in [-0.39, 0.29) is 29.8 Å². The SMILES string of the molecule is Cc1c(C(=O)N2CCCc3c(N)cccc32)nnn1-c1ccc(OC(F)F)cc1.Cl. The molecule has 0 aliphatic carbocycles. The number of amides is 1. The molecule has 0 fully saturated rings. The number of benzene rings is 2. The molecule has 0 bridgehead atoms. The number of aromatic nitrogens is 3. The zero-order valence-corrected chi connectivity index (χ0v) is 16.9. The van der Waals surface area contributed by atoms with Gasteiger partial charge in [0.2, 0.25) is 0 Å². The van der Waals surface area contributed by atoms with Crippen molar-refractivity contribution in [2.45, 2.75) is 26.4 Å². The van der Waals surface area contributed by atoms with E-state index >= 15 is 0 Å². The first-order valence-corrected chi connectivity index (χ1v) is 9.12. The van der Waals surface area contributed by atoms with Gasteiger partial charge in [-0.2, -0.15) is 8.78 Å². The highest BCUT2D eigenvalue weighted by molar-refractivity contribution is 6.06. The molecule has 0 atom stereocenters. The fraction of sp³-hybridized carbons (Fsp3) is 0.250. The second-order valence-corrected chi connectivity index (χ2v) is 6.71. The van der Waals surface area contributed by atoms with Gasteiger partial charge in [-0.25, -0.2) is 4.68 Å². The summed E-state index contributed by atoms with van der Waals surface area (Å²) >= 11 is 0. The lowest BCUT2D eigenvalue weighted by molar-refractivity contribution is -0.0498. The van der Waals surface area contributed by atoms with Crippen LogP contribution in [0.3, 0.4) is 0 Å². The number of hydrogen-bond donors (Lipinski definition) is 1. The van der Waals surface area contributed by atoms with E-state index in [0.717, 1.165) is 24.1 Å². The summed E-state index contributed by atoms with van der Waals surface area (Å²) in [4.78, 5) is 14.9. The Morgan fingerprint density at radius 1 is 1.20 bits per heavy atom. The number of rotatable bonds is 4. The summed E-state index contributed by atoms with van der Waals surface area (Å²) in [6.07, 6.45) is 1.64. The van der Waals surface area contributed by atoms with Gasteiger partial charge in [-0.05, 0) is 61.7 Å². The number of nitrogens with two attached hydrogens (primary N) is 1. The lowest BCUT2D eigenvalue weighted by atomic mass is 9.99. The number of nitrogen functional groups attached to an aromatic ring is 1. The van der Waals surface area contributed by atoms with Gasteiger partial charge in [0, 0.05) is 17.9 Å². The van der Waals surface area contributed by atoms with Gasteiger partial charge in [-0.1, -0.05) is 11.3 Å². The van der Waals surface area contributed by atoms with Gasteiger partial charge in [-0.15, -0.1) is 17.5 Å². The Morgan fingerprint density at radius 2 is 1.93 bits per heavy atom.